The highest BCUT2D eigenvalue weighted by atomic mass is 32.1. The Labute approximate surface area is 159 Å². The van der Waals surface area contributed by atoms with E-state index in [1.165, 1.54) is 49.0 Å². The fourth-order valence-corrected chi connectivity index (χ4v) is 6.39. The van der Waals surface area contributed by atoms with Gasteiger partial charge in [0, 0.05) is 44.2 Å². The first-order valence-corrected chi connectivity index (χ1v) is 10.8. The molecule has 2 aromatic rings. The van der Waals surface area contributed by atoms with E-state index in [1.54, 1.807) is 17.7 Å². The minimum atomic E-state index is 0.516. The summed E-state index contributed by atoms with van der Waals surface area (Å²) in [4.78, 5) is 16.8. The molecule has 0 amide bonds. The molecule has 1 aliphatic carbocycles. The smallest absolute Gasteiger partial charge is 0.140 e. The molecule has 4 heterocycles. The Morgan fingerprint density at radius 3 is 2.50 bits per heavy atom. The number of methoxy groups -OCH3 is 1. The molecule has 1 saturated carbocycles. The number of thiophene rings is 1. The fourth-order valence-electron chi connectivity index (χ4n) is 5.55. The zero-order valence-corrected chi connectivity index (χ0v) is 16.5. The largest absolute Gasteiger partial charge is 0.381 e. The van der Waals surface area contributed by atoms with Gasteiger partial charge in [-0.2, -0.15) is 0 Å². The quantitative estimate of drug-likeness (QED) is 0.827. The number of nitrogens with zero attached hydrogens (tertiary/aromatic N) is 4. The van der Waals surface area contributed by atoms with Crippen molar-refractivity contribution in [3.8, 4) is 0 Å². The fraction of sp³-hybridized carbons (Fsp3) is 0.700. The molecule has 140 valence electrons. The molecule has 2 aromatic heterocycles. The highest BCUT2D eigenvalue weighted by Crippen LogP contribution is 2.40. The summed E-state index contributed by atoms with van der Waals surface area (Å²) in [5, 5.41) is 1.23. The number of rotatable bonds is 3. The highest BCUT2D eigenvalue weighted by molar-refractivity contribution is 7.18. The number of fused-ring (bicyclic) bond motifs is 3. The van der Waals surface area contributed by atoms with E-state index in [-0.39, 0.29) is 0 Å². The summed E-state index contributed by atoms with van der Waals surface area (Å²) >= 11 is 1.77. The van der Waals surface area contributed by atoms with Gasteiger partial charge in [-0.3, -0.25) is 4.90 Å². The third-order valence-electron chi connectivity index (χ3n) is 6.76. The van der Waals surface area contributed by atoms with E-state index in [1.807, 2.05) is 7.11 Å². The molecule has 2 aliphatic heterocycles. The van der Waals surface area contributed by atoms with Gasteiger partial charge >= 0.3 is 0 Å². The normalized spacial score (nSPS) is 30.4. The zero-order valence-electron chi connectivity index (χ0n) is 15.7. The Morgan fingerprint density at radius 1 is 1.08 bits per heavy atom. The second-order valence-corrected chi connectivity index (χ2v) is 9.48. The van der Waals surface area contributed by atoms with Crippen LogP contribution in [0.2, 0.25) is 0 Å². The van der Waals surface area contributed by atoms with E-state index in [0.29, 0.717) is 6.10 Å². The SMILES string of the molecule is COC1[C@@H]2CC[C@H]1CN(C1CCN(c3ncnc4sc(C)cc34)CC1)C2. The molecule has 1 unspecified atom stereocenters. The van der Waals surface area contributed by atoms with Crippen LogP contribution in [0, 0.1) is 18.8 Å². The van der Waals surface area contributed by atoms with Crippen LogP contribution in [0.4, 0.5) is 5.82 Å². The van der Waals surface area contributed by atoms with Gasteiger partial charge in [0.2, 0.25) is 0 Å². The van der Waals surface area contributed by atoms with Crippen LogP contribution in [-0.2, 0) is 4.74 Å². The van der Waals surface area contributed by atoms with Gasteiger partial charge in [-0.25, -0.2) is 9.97 Å². The van der Waals surface area contributed by atoms with Crippen molar-refractivity contribution >= 4 is 27.4 Å². The first-order valence-electron chi connectivity index (χ1n) is 9.96. The van der Waals surface area contributed by atoms with E-state index in [0.717, 1.165) is 41.6 Å². The van der Waals surface area contributed by atoms with E-state index in [4.69, 9.17) is 4.74 Å². The van der Waals surface area contributed by atoms with Crippen LogP contribution in [0.25, 0.3) is 10.2 Å². The maximum absolute atomic E-state index is 5.78. The number of piperidine rings is 2. The summed E-state index contributed by atoms with van der Waals surface area (Å²) in [5.41, 5.74) is 0. The molecule has 0 aromatic carbocycles. The van der Waals surface area contributed by atoms with E-state index >= 15 is 0 Å². The van der Waals surface area contributed by atoms with Crippen molar-refractivity contribution in [2.24, 2.45) is 11.8 Å². The summed E-state index contributed by atoms with van der Waals surface area (Å²) in [6.07, 6.45) is 7.44. The van der Waals surface area contributed by atoms with Gasteiger partial charge in [-0.05, 0) is 50.5 Å². The Kier molecular flexibility index (Phi) is 4.38. The lowest BCUT2D eigenvalue weighted by Gasteiger charge is -2.44. The van der Waals surface area contributed by atoms with Crippen LogP contribution in [0.3, 0.4) is 0 Å². The average molecular weight is 373 g/mol. The molecule has 5 rings (SSSR count). The standard InChI is InChI=1S/C20H28N4OS/c1-13-9-17-19(21-12-22-20(17)26-13)23-7-5-16(6-8-23)24-10-14-3-4-15(11-24)18(14)25-2/h9,12,14-16,18H,3-8,10-11H2,1-2H3/t14-,15+,18?. The molecule has 0 N–H and O–H groups in total. The number of likely N-dealkylation sites (tertiary alicyclic amines) is 1. The van der Waals surface area contributed by atoms with Crippen molar-refractivity contribution in [1.82, 2.24) is 14.9 Å². The Hall–Kier alpha value is -1.24. The monoisotopic (exact) mass is 372 g/mol. The Balaban J connectivity index is 1.27. The predicted molar refractivity (Wildman–Crippen MR) is 106 cm³/mol. The average Bonchev–Trinajstić information content (AvgIpc) is 3.16. The summed E-state index contributed by atoms with van der Waals surface area (Å²) in [7, 11) is 1.90. The van der Waals surface area contributed by atoms with Crippen molar-refractivity contribution < 1.29 is 4.74 Å². The van der Waals surface area contributed by atoms with Crippen LogP contribution < -0.4 is 4.90 Å². The molecule has 3 fully saturated rings. The maximum atomic E-state index is 5.78. The van der Waals surface area contributed by atoms with E-state index in [2.05, 4.69) is 32.8 Å². The van der Waals surface area contributed by atoms with Crippen molar-refractivity contribution in [2.45, 2.75) is 44.8 Å². The maximum Gasteiger partial charge on any atom is 0.140 e. The Bertz CT molecular complexity index is 771. The second kappa shape index (κ2) is 6.73. The number of hydrogen-bond acceptors (Lipinski definition) is 6. The summed E-state index contributed by atoms with van der Waals surface area (Å²) < 4.78 is 5.78. The van der Waals surface area contributed by atoms with Crippen LogP contribution >= 0.6 is 11.3 Å². The molecular weight excluding hydrogens is 344 g/mol. The molecule has 2 bridgehead atoms. The number of anilines is 1. The van der Waals surface area contributed by atoms with Crippen LogP contribution in [0.5, 0.6) is 0 Å². The molecule has 2 saturated heterocycles. The van der Waals surface area contributed by atoms with Crippen LogP contribution in [0.15, 0.2) is 12.4 Å². The first-order chi connectivity index (χ1) is 12.7. The minimum Gasteiger partial charge on any atom is -0.381 e. The molecule has 3 atom stereocenters. The molecular formula is C20H28N4OS. The molecule has 5 nitrogen and oxygen atoms in total. The van der Waals surface area contributed by atoms with Gasteiger partial charge in [0.25, 0.3) is 0 Å². The zero-order chi connectivity index (χ0) is 17.7. The van der Waals surface area contributed by atoms with Crippen molar-refractivity contribution in [3.63, 3.8) is 0 Å². The topological polar surface area (TPSA) is 41.5 Å². The lowest BCUT2D eigenvalue weighted by molar-refractivity contribution is -0.0306. The minimum absolute atomic E-state index is 0.516. The first kappa shape index (κ1) is 16.9. The van der Waals surface area contributed by atoms with Crippen molar-refractivity contribution in [3.05, 3.63) is 17.3 Å². The van der Waals surface area contributed by atoms with Crippen molar-refractivity contribution in [1.29, 1.82) is 0 Å². The number of ether oxygens (including phenoxy) is 1. The lowest BCUT2D eigenvalue weighted by atomic mass is 9.91. The van der Waals surface area contributed by atoms with E-state index < -0.39 is 0 Å². The number of hydrogen-bond donors (Lipinski definition) is 0. The second-order valence-electron chi connectivity index (χ2n) is 8.24. The van der Waals surface area contributed by atoms with Gasteiger partial charge in [0.05, 0.1) is 11.5 Å². The molecule has 26 heavy (non-hydrogen) atoms. The molecule has 6 heteroatoms. The van der Waals surface area contributed by atoms with Crippen molar-refractivity contribution in [2.75, 3.05) is 38.2 Å². The Morgan fingerprint density at radius 2 is 1.81 bits per heavy atom. The molecule has 0 radical (unpaired) electrons. The third kappa shape index (κ3) is 2.83. The van der Waals surface area contributed by atoms with Gasteiger partial charge in [-0.1, -0.05) is 0 Å². The molecule has 3 aliphatic rings. The molecule has 0 spiro atoms. The van der Waals surface area contributed by atoms with Gasteiger partial charge in [0.1, 0.15) is 17.0 Å². The van der Waals surface area contributed by atoms with Gasteiger partial charge < -0.3 is 9.64 Å². The number of aromatic nitrogens is 2. The van der Waals surface area contributed by atoms with Gasteiger partial charge in [-0.15, -0.1) is 11.3 Å². The van der Waals surface area contributed by atoms with Crippen LogP contribution in [0.1, 0.15) is 30.6 Å². The summed E-state index contributed by atoms with van der Waals surface area (Å²) in [6.45, 7) is 6.83. The van der Waals surface area contributed by atoms with Crippen LogP contribution in [-0.4, -0.2) is 60.3 Å². The lowest BCUT2D eigenvalue weighted by Crippen LogP contribution is -2.53. The predicted octanol–water partition coefficient (Wildman–Crippen LogP) is 3.33. The third-order valence-corrected chi connectivity index (χ3v) is 7.72. The highest BCUT2D eigenvalue weighted by Gasteiger charge is 2.44. The van der Waals surface area contributed by atoms with Gasteiger partial charge in [0.15, 0.2) is 0 Å². The number of aryl methyl sites for hydroxylation is 1. The summed E-state index contributed by atoms with van der Waals surface area (Å²) in [5.74, 6) is 2.65. The summed E-state index contributed by atoms with van der Waals surface area (Å²) in [6, 6.07) is 2.97. The van der Waals surface area contributed by atoms with E-state index in [9.17, 15) is 0 Å².